The van der Waals surface area contributed by atoms with E-state index in [0.717, 1.165) is 19.5 Å². The van der Waals surface area contributed by atoms with Crippen molar-refractivity contribution < 1.29 is 0 Å². The molecule has 70 valence electrons. The molecule has 0 radical (unpaired) electrons. The third-order valence-electron chi connectivity index (χ3n) is 3.15. The predicted molar refractivity (Wildman–Crippen MR) is 50.1 cm³/mol. The molecule has 3 N–H and O–H groups in total. The molecule has 2 fully saturated rings. The summed E-state index contributed by atoms with van der Waals surface area (Å²) in [6.07, 6.45) is 3.71. The molecule has 2 aliphatic rings. The van der Waals surface area contributed by atoms with Gasteiger partial charge in [0.15, 0.2) is 0 Å². The zero-order chi connectivity index (χ0) is 8.44. The van der Waals surface area contributed by atoms with E-state index in [2.05, 4.69) is 10.2 Å². The summed E-state index contributed by atoms with van der Waals surface area (Å²) in [5, 5.41) is 3.33. The van der Waals surface area contributed by atoms with Crippen LogP contribution in [-0.4, -0.2) is 43.2 Å². The minimum absolute atomic E-state index is 0.107. The van der Waals surface area contributed by atoms with Gasteiger partial charge in [0.05, 0.1) is 0 Å². The van der Waals surface area contributed by atoms with E-state index >= 15 is 0 Å². The predicted octanol–water partition coefficient (Wildman–Crippen LogP) is -0.227. The van der Waals surface area contributed by atoms with E-state index in [-0.39, 0.29) is 5.54 Å². The van der Waals surface area contributed by atoms with Gasteiger partial charge in [-0.05, 0) is 45.4 Å². The first-order valence-electron chi connectivity index (χ1n) is 5.01. The fraction of sp³-hybridized carbons (Fsp3) is 1.00. The Hall–Kier alpha value is -0.120. The molecule has 2 rings (SSSR count). The Morgan fingerprint density at radius 1 is 1.42 bits per heavy atom. The maximum atomic E-state index is 6.20. The molecule has 12 heavy (non-hydrogen) atoms. The molecular weight excluding hydrogens is 150 g/mol. The summed E-state index contributed by atoms with van der Waals surface area (Å²) in [7, 11) is 0. The fourth-order valence-electron chi connectivity index (χ4n) is 1.96. The van der Waals surface area contributed by atoms with Crippen molar-refractivity contribution >= 4 is 0 Å². The summed E-state index contributed by atoms with van der Waals surface area (Å²) in [6.45, 7) is 5.92. The molecule has 0 spiro atoms. The standard InChI is InChI=1S/C9H19N3/c10-9(2-4-11-8-9)3-7-12-5-1-6-12/h11H,1-8,10H2. The molecule has 2 heterocycles. The molecule has 0 aromatic heterocycles. The Morgan fingerprint density at radius 3 is 2.75 bits per heavy atom. The molecule has 2 saturated heterocycles. The van der Waals surface area contributed by atoms with Gasteiger partial charge in [0.25, 0.3) is 0 Å². The third-order valence-corrected chi connectivity index (χ3v) is 3.15. The molecule has 1 atom stereocenters. The fourth-order valence-corrected chi connectivity index (χ4v) is 1.96. The van der Waals surface area contributed by atoms with Crippen LogP contribution in [0.5, 0.6) is 0 Å². The van der Waals surface area contributed by atoms with Crippen molar-refractivity contribution in [3.63, 3.8) is 0 Å². The molecule has 0 aliphatic carbocycles. The van der Waals surface area contributed by atoms with E-state index in [4.69, 9.17) is 5.73 Å². The summed E-state index contributed by atoms with van der Waals surface area (Å²) >= 11 is 0. The van der Waals surface area contributed by atoms with E-state index in [1.807, 2.05) is 0 Å². The highest BCUT2D eigenvalue weighted by atomic mass is 15.2. The van der Waals surface area contributed by atoms with Crippen molar-refractivity contribution in [3.05, 3.63) is 0 Å². The molecule has 0 saturated carbocycles. The highest BCUT2D eigenvalue weighted by Crippen LogP contribution is 2.17. The average molecular weight is 169 g/mol. The van der Waals surface area contributed by atoms with Gasteiger partial charge in [-0.1, -0.05) is 0 Å². The number of nitrogens with two attached hydrogens (primary N) is 1. The van der Waals surface area contributed by atoms with Gasteiger partial charge in [0, 0.05) is 12.1 Å². The van der Waals surface area contributed by atoms with Gasteiger partial charge in [-0.25, -0.2) is 0 Å². The van der Waals surface area contributed by atoms with E-state index in [1.165, 1.54) is 32.5 Å². The van der Waals surface area contributed by atoms with Crippen LogP contribution in [-0.2, 0) is 0 Å². The van der Waals surface area contributed by atoms with Crippen LogP contribution in [0.1, 0.15) is 19.3 Å². The summed E-state index contributed by atoms with van der Waals surface area (Å²) in [6, 6.07) is 0. The first-order chi connectivity index (χ1) is 5.79. The molecule has 0 amide bonds. The molecule has 2 aliphatic heterocycles. The van der Waals surface area contributed by atoms with Crippen LogP contribution in [0.4, 0.5) is 0 Å². The van der Waals surface area contributed by atoms with Crippen molar-refractivity contribution in [1.82, 2.24) is 10.2 Å². The monoisotopic (exact) mass is 169 g/mol. The SMILES string of the molecule is NC1(CCN2CCC2)CCNC1. The van der Waals surface area contributed by atoms with E-state index in [0.29, 0.717) is 0 Å². The van der Waals surface area contributed by atoms with Crippen molar-refractivity contribution in [2.24, 2.45) is 5.73 Å². The van der Waals surface area contributed by atoms with Crippen LogP contribution >= 0.6 is 0 Å². The van der Waals surface area contributed by atoms with Crippen molar-refractivity contribution in [2.45, 2.75) is 24.8 Å². The average Bonchev–Trinajstić information content (AvgIpc) is 2.33. The van der Waals surface area contributed by atoms with Gasteiger partial charge < -0.3 is 16.0 Å². The Kier molecular flexibility index (Phi) is 2.35. The Labute approximate surface area is 74.3 Å². The Morgan fingerprint density at radius 2 is 2.25 bits per heavy atom. The lowest BCUT2D eigenvalue weighted by atomic mass is 9.95. The quantitative estimate of drug-likeness (QED) is 0.613. The van der Waals surface area contributed by atoms with Gasteiger partial charge in [-0.2, -0.15) is 0 Å². The second kappa shape index (κ2) is 3.32. The topological polar surface area (TPSA) is 41.3 Å². The van der Waals surface area contributed by atoms with Gasteiger partial charge in [0.1, 0.15) is 0 Å². The number of likely N-dealkylation sites (tertiary alicyclic amines) is 1. The maximum Gasteiger partial charge on any atom is 0.0305 e. The van der Waals surface area contributed by atoms with E-state index < -0.39 is 0 Å². The number of hydrogen-bond acceptors (Lipinski definition) is 3. The highest BCUT2D eigenvalue weighted by molar-refractivity contribution is 4.93. The molecule has 1 unspecified atom stereocenters. The molecule has 0 bridgehead atoms. The normalized spacial score (nSPS) is 36.8. The second-order valence-corrected chi connectivity index (χ2v) is 4.23. The minimum Gasteiger partial charge on any atom is -0.324 e. The number of hydrogen-bond donors (Lipinski definition) is 2. The van der Waals surface area contributed by atoms with Gasteiger partial charge >= 0.3 is 0 Å². The van der Waals surface area contributed by atoms with Gasteiger partial charge in [-0.3, -0.25) is 0 Å². The molecule has 3 heteroatoms. The van der Waals surface area contributed by atoms with Crippen molar-refractivity contribution in [3.8, 4) is 0 Å². The number of nitrogens with zero attached hydrogens (tertiary/aromatic N) is 1. The molecule has 0 aromatic rings. The van der Waals surface area contributed by atoms with Crippen molar-refractivity contribution in [1.29, 1.82) is 0 Å². The molecular formula is C9H19N3. The van der Waals surface area contributed by atoms with Crippen molar-refractivity contribution in [2.75, 3.05) is 32.7 Å². The summed E-state index contributed by atoms with van der Waals surface area (Å²) in [5.41, 5.74) is 6.30. The minimum atomic E-state index is 0.107. The lowest BCUT2D eigenvalue weighted by Crippen LogP contribution is -2.47. The zero-order valence-corrected chi connectivity index (χ0v) is 7.68. The van der Waals surface area contributed by atoms with E-state index in [9.17, 15) is 0 Å². The number of nitrogens with one attached hydrogen (secondary N) is 1. The van der Waals surface area contributed by atoms with Crippen LogP contribution in [0, 0.1) is 0 Å². The smallest absolute Gasteiger partial charge is 0.0305 e. The summed E-state index contributed by atoms with van der Waals surface area (Å²) < 4.78 is 0. The highest BCUT2D eigenvalue weighted by Gasteiger charge is 2.29. The second-order valence-electron chi connectivity index (χ2n) is 4.23. The van der Waals surface area contributed by atoms with Crippen LogP contribution in [0.2, 0.25) is 0 Å². The first kappa shape index (κ1) is 8.48. The molecule has 3 nitrogen and oxygen atoms in total. The third kappa shape index (κ3) is 1.79. The van der Waals surface area contributed by atoms with Gasteiger partial charge in [-0.15, -0.1) is 0 Å². The van der Waals surface area contributed by atoms with Crippen LogP contribution in [0.15, 0.2) is 0 Å². The zero-order valence-electron chi connectivity index (χ0n) is 7.68. The summed E-state index contributed by atoms with van der Waals surface area (Å²) in [5.74, 6) is 0. The molecule has 0 aromatic carbocycles. The lowest BCUT2D eigenvalue weighted by Gasteiger charge is -2.34. The van der Waals surface area contributed by atoms with Crippen LogP contribution in [0.25, 0.3) is 0 Å². The van der Waals surface area contributed by atoms with E-state index in [1.54, 1.807) is 0 Å². The largest absolute Gasteiger partial charge is 0.324 e. The number of rotatable bonds is 3. The first-order valence-corrected chi connectivity index (χ1v) is 5.01. The Bertz CT molecular complexity index is 148. The Balaban J connectivity index is 1.70. The lowest BCUT2D eigenvalue weighted by molar-refractivity contribution is 0.165. The maximum absolute atomic E-state index is 6.20. The van der Waals surface area contributed by atoms with Crippen LogP contribution in [0.3, 0.4) is 0 Å². The van der Waals surface area contributed by atoms with Crippen LogP contribution < -0.4 is 11.1 Å². The summed E-state index contributed by atoms with van der Waals surface area (Å²) in [4.78, 5) is 2.49. The van der Waals surface area contributed by atoms with Gasteiger partial charge in [0.2, 0.25) is 0 Å².